The van der Waals surface area contributed by atoms with Crippen molar-refractivity contribution in [2.45, 2.75) is 63.0 Å². The zero-order chi connectivity index (χ0) is 55.0. The summed E-state index contributed by atoms with van der Waals surface area (Å²) >= 11 is 0. The van der Waals surface area contributed by atoms with Gasteiger partial charge in [0.2, 0.25) is 0 Å². The first kappa shape index (κ1) is 49.2. The third-order valence-electron chi connectivity index (χ3n) is 19.8. The van der Waals surface area contributed by atoms with Crippen LogP contribution in [0.25, 0.3) is 60.7 Å². The maximum atomic E-state index is 11.0. The molecular weight excluding hydrogens is 999 g/mol. The van der Waals surface area contributed by atoms with Crippen LogP contribution in [0.4, 0.5) is 5.69 Å². The predicted molar refractivity (Wildman–Crippen MR) is 335 cm³/mol. The number of benzene rings is 8. The molecule has 9 atom stereocenters. The molecule has 2 heterocycles. The number of hydrogen-bond acceptors (Lipinski definition) is 5. The van der Waals surface area contributed by atoms with Crippen molar-refractivity contribution >= 4 is 49.5 Å². The Morgan fingerprint density at radius 2 is 1.20 bits per heavy atom. The number of anilines is 1. The number of imidazole rings is 1. The predicted octanol–water partition coefficient (Wildman–Crippen LogP) is 11.8. The minimum atomic E-state index is -1.03. The van der Waals surface area contributed by atoms with Gasteiger partial charge in [-0.25, -0.2) is 4.98 Å². The van der Waals surface area contributed by atoms with Crippen LogP contribution in [-0.2, 0) is 6.42 Å². The van der Waals surface area contributed by atoms with E-state index in [0.29, 0.717) is 6.42 Å². The van der Waals surface area contributed by atoms with Gasteiger partial charge in [0.25, 0.3) is 0 Å². The molecule has 9 aromatic rings. The molecular formula is C76H65N5O. The van der Waals surface area contributed by atoms with Gasteiger partial charge in [0.15, 0.2) is 0 Å². The monoisotopic (exact) mass is 1060 g/mol. The Morgan fingerprint density at radius 1 is 0.610 bits per heavy atom. The van der Waals surface area contributed by atoms with Crippen molar-refractivity contribution in [1.82, 2.24) is 14.9 Å². The zero-order valence-electron chi connectivity index (χ0n) is 46.5. The van der Waals surface area contributed by atoms with Crippen LogP contribution in [0, 0.1) is 29.6 Å². The van der Waals surface area contributed by atoms with Crippen molar-refractivity contribution in [2.75, 3.05) is 4.90 Å². The third-order valence-corrected chi connectivity index (χ3v) is 19.8. The van der Waals surface area contributed by atoms with Crippen LogP contribution in [0.1, 0.15) is 55.9 Å². The van der Waals surface area contributed by atoms with Gasteiger partial charge in [-0.1, -0.05) is 218 Å². The van der Waals surface area contributed by atoms with Crippen molar-refractivity contribution in [3.8, 4) is 16.8 Å². The molecule has 1 saturated heterocycles. The first-order valence-corrected chi connectivity index (χ1v) is 29.5. The maximum absolute atomic E-state index is 11.0. The van der Waals surface area contributed by atoms with E-state index in [2.05, 4.69) is 258 Å². The zero-order valence-corrected chi connectivity index (χ0v) is 46.5. The van der Waals surface area contributed by atoms with Crippen LogP contribution in [-0.4, -0.2) is 37.9 Å². The van der Waals surface area contributed by atoms with Gasteiger partial charge in [-0.2, -0.15) is 0 Å². The Labute approximate surface area is 479 Å². The molecule has 0 amide bonds. The molecule has 6 aliphatic carbocycles. The van der Waals surface area contributed by atoms with E-state index in [1.165, 1.54) is 87.6 Å². The Morgan fingerprint density at radius 3 is 1.85 bits per heavy atom. The highest BCUT2D eigenvalue weighted by atomic mass is 16.3. The lowest BCUT2D eigenvalue weighted by Crippen LogP contribution is -2.58. The number of hydrogen-bond donors (Lipinski definition) is 3. The SMILES string of the molecule is CC(C)(O)C(C)(N)Cc1ccc(-c2c3ccccc3c(C3NC4C5=CC=CC6=c7c(nc(C8=c9ccccc9=C(c9ccccc9)C9C=CC=CC89)n7-c7ccccc7)=C7C=CCC(C7C56)C4N3c3ccccc3)c3ccccc23)cc1. The van der Waals surface area contributed by atoms with Gasteiger partial charge in [-0.05, 0) is 140 Å². The Hall–Kier alpha value is -8.65. The largest absolute Gasteiger partial charge is 0.389 e. The third kappa shape index (κ3) is 7.34. The van der Waals surface area contributed by atoms with Crippen LogP contribution in [0.3, 0.4) is 0 Å². The van der Waals surface area contributed by atoms with Gasteiger partial charge in [0, 0.05) is 51.7 Å². The number of para-hydroxylation sites is 2. The molecule has 400 valence electrons. The highest BCUT2D eigenvalue weighted by Crippen LogP contribution is 2.58. The normalized spacial score (nSPS) is 24.5. The minimum absolute atomic E-state index is 0.0478. The molecule has 2 fully saturated rings. The van der Waals surface area contributed by atoms with Gasteiger partial charge in [0.1, 0.15) is 12.0 Å². The van der Waals surface area contributed by atoms with Crippen molar-refractivity contribution in [3.63, 3.8) is 0 Å². The number of fused-ring (bicyclic) bond motifs is 8. The molecule has 9 unspecified atom stereocenters. The average molecular weight is 1060 g/mol. The first-order valence-electron chi connectivity index (χ1n) is 29.5. The van der Waals surface area contributed by atoms with Crippen LogP contribution in [0.15, 0.2) is 248 Å². The Balaban J connectivity index is 0.901. The lowest BCUT2D eigenvalue weighted by molar-refractivity contribution is 0.00595. The molecule has 1 saturated carbocycles. The molecule has 6 nitrogen and oxygen atoms in total. The van der Waals surface area contributed by atoms with Crippen LogP contribution in [0.5, 0.6) is 0 Å². The number of nitrogens with zero attached hydrogens (tertiary/aromatic N) is 3. The second kappa shape index (κ2) is 18.7. The molecule has 4 N–H and O–H groups in total. The van der Waals surface area contributed by atoms with Crippen molar-refractivity contribution in [2.24, 2.45) is 35.3 Å². The maximum Gasteiger partial charge on any atom is 0.142 e. The molecule has 1 aromatic heterocycles. The standard InChI is InChI=1S/C76H65N5O/c1-75(2,82)76(3,77)45-46-41-43-48(44-42-46)64-53-31-15-19-35-57(53)68(58-36-20-16-32-54(58)64)74-79-70-60-38-22-39-61-66(60)65-59(37-21-40-62(65)72(70)81(74)50-27-11-6-12-28-50)69-71(61)80(49-25-9-5-10-26-49)73(78-69)67-55-33-17-13-29-51(55)63(47-23-7-4-8-24-47)52-30-14-18-34-56(52)67/h4-39,41-44,51,55,62,65-66,70,72,74,79,82H,40,45,77H2,1-3H3. The molecule has 16 rings (SSSR count). The molecule has 6 heteroatoms. The van der Waals surface area contributed by atoms with Gasteiger partial charge in [0.05, 0.1) is 28.4 Å². The minimum Gasteiger partial charge on any atom is -0.389 e. The second-order valence-corrected chi connectivity index (χ2v) is 24.6. The fraction of sp³-hybridized carbons (Fsp3) is 0.197. The number of allylic oxidation sites excluding steroid dienone is 9. The smallest absolute Gasteiger partial charge is 0.142 e. The van der Waals surface area contributed by atoms with E-state index >= 15 is 0 Å². The summed E-state index contributed by atoms with van der Waals surface area (Å²) in [5.74, 6) is 1.86. The van der Waals surface area contributed by atoms with Crippen molar-refractivity contribution < 1.29 is 5.11 Å². The van der Waals surface area contributed by atoms with E-state index in [-0.39, 0.29) is 47.8 Å². The molecule has 0 radical (unpaired) electrons. The molecule has 1 aliphatic heterocycles. The van der Waals surface area contributed by atoms with Gasteiger partial charge in [-0.15, -0.1) is 0 Å². The highest BCUT2D eigenvalue weighted by Gasteiger charge is 2.58. The topological polar surface area (TPSA) is 79.3 Å². The summed E-state index contributed by atoms with van der Waals surface area (Å²) in [5.41, 5.74) is 20.1. The number of aliphatic hydroxyl groups is 1. The van der Waals surface area contributed by atoms with Crippen molar-refractivity contribution in [1.29, 1.82) is 0 Å². The summed E-state index contributed by atoms with van der Waals surface area (Å²) in [6.07, 6.45) is 22.9. The summed E-state index contributed by atoms with van der Waals surface area (Å²) < 4.78 is 2.55. The molecule has 82 heavy (non-hydrogen) atoms. The lowest BCUT2D eigenvalue weighted by Gasteiger charge is -2.52. The number of nitrogens with one attached hydrogen (secondary N) is 1. The summed E-state index contributed by atoms with van der Waals surface area (Å²) in [6.45, 7) is 5.53. The highest BCUT2D eigenvalue weighted by molar-refractivity contribution is 6.15. The quantitative estimate of drug-likeness (QED) is 0.126. The summed E-state index contributed by atoms with van der Waals surface area (Å²) in [4.78, 5) is 8.90. The van der Waals surface area contributed by atoms with E-state index < -0.39 is 11.1 Å². The number of rotatable bonds is 9. The van der Waals surface area contributed by atoms with E-state index in [1.807, 2.05) is 6.92 Å². The average Bonchev–Trinajstić information content (AvgIpc) is 3.77. The van der Waals surface area contributed by atoms with E-state index in [1.54, 1.807) is 13.8 Å². The fourth-order valence-electron chi connectivity index (χ4n) is 15.8. The Bertz CT molecular complexity index is 4480. The van der Waals surface area contributed by atoms with Crippen molar-refractivity contribution in [3.05, 3.63) is 292 Å². The molecule has 8 aromatic carbocycles. The van der Waals surface area contributed by atoms with Crippen LogP contribution < -0.4 is 37.1 Å². The fourth-order valence-corrected chi connectivity index (χ4v) is 15.8. The first-order chi connectivity index (χ1) is 40.1. The Kier molecular flexibility index (Phi) is 11.2. The summed E-state index contributed by atoms with van der Waals surface area (Å²) in [7, 11) is 0. The number of nitrogens with two attached hydrogens (primary N) is 1. The molecule has 0 spiro atoms. The summed E-state index contributed by atoms with van der Waals surface area (Å²) in [5, 5.41) is 25.3. The second-order valence-electron chi connectivity index (χ2n) is 24.6. The van der Waals surface area contributed by atoms with E-state index in [9.17, 15) is 5.11 Å². The van der Waals surface area contributed by atoms with Gasteiger partial charge in [-0.3, -0.25) is 9.88 Å². The summed E-state index contributed by atoms with van der Waals surface area (Å²) in [6, 6.07) is 69.6. The van der Waals surface area contributed by atoms with E-state index in [0.717, 1.165) is 34.4 Å². The van der Waals surface area contributed by atoms with Crippen LogP contribution >= 0.6 is 0 Å². The number of aromatic nitrogens is 2. The molecule has 0 bridgehead atoms. The van der Waals surface area contributed by atoms with Gasteiger partial charge < -0.3 is 15.7 Å². The lowest BCUT2D eigenvalue weighted by atomic mass is 9.56. The molecule has 7 aliphatic rings. The van der Waals surface area contributed by atoms with E-state index in [4.69, 9.17) is 10.7 Å². The van der Waals surface area contributed by atoms with Crippen LogP contribution in [0.2, 0.25) is 0 Å². The van der Waals surface area contributed by atoms with Gasteiger partial charge >= 0.3 is 0 Å².